The van der Waals surface area contributed by atoms with E-state index in [0.717, 1.165) is 4.57 Å². The van der Waals surface area contributed by atoms with Crippen LogP contribution >= 0.6 is 0 Å². The largest absolute Gasteiger partial charge is 0.493 e. The van der Waals surface area contributed by atoms with Crippen LogP contribution in [0.2, 0.25) is 0 Å². The van der Waals surface area contributed by atoms with Gasteiger partial charge in [-0.15, -0.1) is 0 Å². The molecule has 2 aliphatic heterocycles. The molecule has 1 aromatic carbocycles. The number of carbonyl (C=O) groups is 1. The number of aromatic hydroxyl groups is 1. The molecule has 0 saturated carbocycles. The van der Waals surface area contributed by atoms with Crippen LogP contribution in [0.3, 0.4) is 0 Å². The highest BCUT2D eigenvalue weighted by Crippen LogP contribution is 2.48. The second-order valence-corrected chi connectivity index (χ2v) is 7.55. The number of benzene rings is 1. The molecule has 156 valence electrons. The predicted molar refractivity (Wildman–Crippen MR) is 104 cm³/mol. The van der Waals surface area contributed by atoms with E-state index in [9.17, 15) is 19.1 Å². The van der Waals surface area contributed by atoms with Crippen molar-refractivity contribution in [2.75, 3.05) is 6.54 Å². The molecular weight excluding hydrogens is 405 g/mol. The number of amides is 1. The first-order valence-electron chi connectivity index (χ1n) is 9.56. The molecule has 1 amide bonds. The summed E-state index contributed by atoms with van der Waals surface area (Å²) < 4.78 is 21.0. The van der Waals surface area contributed by atoms with Gasteiger partial charge >= 0.3 is 11.8 Å². The van der Waals surface area contributed by atoms with Crippen molar-refractivity contribution in [3.63, 3.8) is 0 Å². The molecule has 0 spiro atoms. The summed E-state index contributed by atoms with van der Waals surface area (Å²) in [5, 5.41) is 19.9. The quantitative estimate of drug-likeness (QED) is 0.680. The fourth-order valence-electron chi connectivity index (χ4n) is 4.34. The van der Waals surface area contributed by atoms with Gasteiger partial charge in [0.25, 0.3) is 0 Å². The summed E-state index contributed by atoms with van der Waals surface area (Å²) in [6.45, 7) is 1.95. The summed E-state index contributed by atoms with van der Waals surface area (Å²) in [6.07, 6.45) is 1.20. The third kappa shape index (κ3) is 2.78. The Balaban J connectivity index is 1.48. The highest BCUT2D eigenvalue weighted by Gasteiger charge is 2.49. The van der Waals surface area contributed by atoms with E-state index in [2.05, 4.69) is 4.98 Å². The lowest BCUT2D eigenvalue weighted by Gasteiger charge is -2.26. The highest BCUT2D eigenvalue weighted by molar-refractivity contribution is 5.72. The molecule has 2 aliphatic rings. The van der Waals surface area contributed by atoms with Crippen molar-refractivity contribution in [3.8, 4) is 23.4 Å². The van der Waals surface area contributed by atoms with Gasteiger partial charge in [0.05, 0.1) is 24.0 Å². The molecule has 2 aromatic heterocycles. The van der Waals surface area contributed by atoms with Gasteiger partial charge < -0.3 is 9.84 Å². The lowest BCUT2D eigenvalue weighted by atomic mass is 10.2. The number of likely N-dealkylation sites (tertiary alicyclic amines) is 1. The summed E-state index contributed by atoms with van der Waals surface area (Å²) in [5.41, 5.74) is 1.04. The molecule has 9 nitrogen and oxygen atoms in total. The number of hydrogen-bond donors (Lipinski definition) is 1. The van der Waals surface area contributed by atoms with Crippen molar-refractivity contribution < 1.29 is 19.0 Å². The minimum Gasteiger partial charge on any atom is -0.493 e. The number of carbonyl (C=O) groups excluding carboxylic acids is 1. The van der Waals surface area contributed by atoms with Gasteiger partial charge in [0.1, 0.15) is 29.0 Å². The summed E-state index contributed by atoms with van der Waals surface area (Å²) in [6, 6.07) is 7.82. The third-order valence-electron chi connectivity index (χ3n) is 5.74. The maximum Gasteiger partial charge on any atom is 0.415 e. The first-order chi connectivity index (χ1) is 14.9. The highest BCUT2D eigenvalue weighted by atomic mass is 19.1. The number of rotatable bonds is 2. The van der Waals surface area contributed by atoms with E-state index in [1.54, 1.807) is 13.0 Å². The van der Waals surface area contributed by atoms with Gasteiger partial charge in [0, 0.05) is 6.54 Å². The molecule has 1 fully saturated rings. The topological polar surface area (TPSA) is 113 Å². The maximum absolute atomic E-state index is 13.1. The molecule has 0 aliphatic carbocycles. The number of nitriles is 1. The Morgan fingerprint density at radius 3 is 2.77 bits per heavy atom. The molecule has 1 saturated heterocycles. The number of nitrogens with zero attached hydrogens (tertiary/aromatic N) is 5. The molecule has 1 unspecified atom stereocenters. The molecule has 0 radical (unpaired) electrons. The lowest BCUT2D eigenvalue weighted by molar-refractivity contribution is 0.140. The van der Waals surface area contributed by atoms with Crippen LogP contribution in [-0.2, 0) is 0 Å². The van der Waals surface area contributed by atoms with E-state index >= 15 is 0 Å². The number of aromatic nitrogens is 3. The number of aryl methyl sites for hydroxylation is 1. The van der Waals surface area contributed by atoms with E-state index in [-0.39, 0.29) is 29.9 Å². The normalized spacial score (nSPS) is 18.7. The minimum absolute atomic E-state index is 0.201. The fourth-order valence-corrected chi connectivity index (χ4v) is 4.34. The molecule has 2 bridgehead atoms. The number of halogens is 1. The zero-order valence-electron chi connectivity index (χ0n) is 16.3. The van der Waals surface area contributed by atoms with Crippen LogP contribution in [0.4, 0.5) is 9.18 Å². The van der Waals surface area contributed by atoms with E-state index in [1.165, 1.54) is 39.9 Å². The monoisotopic (exact) mass is 421 g/mol. The van der Waals surface area contributed by atoms with Crippen molar-refractivity contribution in [1.82, 2.24) is 19.0 Å². The smallest absolute Gasteiger partial charge is 0.415 e. The van der Waals surface area contributed by atoms with E-state index < -0.39 is 23.6 Å². The molecule has 31 heavy (non-hydrogen) atoms. The van der Waals surface area contributed by atoms with Crippen LogP contribution in [0.1, 0.15) is 35.5 Å². The van der Waals surface area contributed by atoms with Crippen LogP contribution < -0.4 is 10.4 Å². The molecule has 2 atom stereocenters. The van der Waals surface area contributed by atoms with E-state index in [1.807, 2.05) is 6.07 Å². The first-order valence-corrected chi connectivity index (χ1v) is 9.56. The fraction of sp³-hybridized carbons (Fsp3) is 0.238. The summed E-state index contributed by atoms with van der Waals surface area (Å²) in [7, 11) is 0. The van der Waals surface area contributed by atoms with Gasteiger partial charge in [0.2, 0.25) is 5.88 Å². The van der Waals surface area contributed by atoms with E-state index in [4.69, 9.17) is 10.00 Å². The van der Waals surface area contributed by atoms with Crippen LogP contribution in [-0.4, -0.2) is 36.8 Å². The van der Waals surface area contributed by atoms with Crippen LogP contribution in [0, 0.1) is 24.1 Å². The van der Waals surface area contributed by atoms with Crippen molar-refractivity contribution in [1.29, 1.82) is 5.26 Å². The standard InChI is InChI=1S/C21H16FN5O4/c1-11-6-13(9-24-16(11)8-23)27-19(28)18-17-7-14(26(18)20(27)29)10-25(17)21(30)31-15-4-2-12(22)3-5-15/h2-6,9,14,17,28H,7,10H2,1H3/t14-,17?/m1/s1. The minimum atomic E-state index is -0.638. The molecule has 1 N–H and O–H groups in total. The average Bonchev–Trinajstić information content (AvgIpc) is 3.41. The number of pyridine rings is 1. The Hall–Kier alpha value is -4.13. The summed E-state index contributed by atoms with van der Waals surface area (Å²) in [4.78, 5) is 31.2. The van der Waals surface area contributed by atoms with Gasteiger partial charge in [-0.1, -0.05) is 0 Å². The summed E-state index contributed by atoms with van der Waals surface area (Å²) in [5.74, 6) is -0.516. The predicted octanol–water partition coefficient (Wildman–Crippen LogP) is 2.56. The maximum atomic E-state index is 13.1. The number of ether oxygens (including phenoxy) is 1. The van der Waals surface area contributed by atoms with Gasteiger partial charge in [-0.3, -0.25) is 9.47 Å². The Morgan fingerprint density at radius 2 is 2.10 bits per heavy atom. The molecule has 3 aromatic rings. The van der Waals surface area contributed by atoms with Crippen molar-refractivity contribution >= 4 is 6.09 Å². The van der Waals surface area contributed by atoms with Crippen molar-refractivity contribution in [3.05, 3.63) is 69.8 Å². The van der Waals surface area contributed by atoms with Crippen LogP contribution in [0.25, 0.3) is 5.69 Å². The van der Waals surface area contributed by atoms with Gasteiger partial charge in [-0.05, 0) is 49.2 Å². The molecule has 5 rings (SSSR count). The number of hydrogen-bond acceptors (Lipinski definition) is 6. The summed E-state index contributed by atoms with van der Waals surface area (Å²) >= 11 is 0. The van der Waals surface area contributed by atoms with E-state index in [0.29, 0.717) is 23.4 Å². The zero-order chi connectivity index (χ0) is 21.9. The average molecular weight is 421 g/mol. The Kier molecular flexibility index (Phi) is 4.08. The van der Waals surface area contributed by atoms with Crippen LogP contribution in [0.5, 0.6) is 11.6 Å². The van der Waals surface area contributed by atoms with Gasteiger partial charge in [-0.25, -0.2) is 23.5 Å². The second-order valence-electron chi connectivity index (χ2n) is 7.55. The molecular formula is C21H16FN5O4. The first kappa shape index (κ1) is 18.9. The SMILES string of the molecule is Cc1cc(-n2c(O)c3n(c2=O)[C@@H]2CC3N(C(=O)Oc3ccc(F)cc3)C2)cnc1C#N. The third-order valence-corrected chi connectivity index (χ3v) is 5.74. The Bertz CT molecular complexity index is 1320. The molecule has 4 heterocycles. The second kappa shape index (κ2) is 6.70. The zero-order valence-corrected chi connectivity index (χ0v) is 16.3. The number of fused-ring (bicyclic) bond motifs is 5. The van der Waals surface area contributed by atoms with Crippen LogP contribution in [0.15, 0.2) is 41.3 Å². The molecule has 10 heteroatoms. The van der Waals surface area contributed by atoms with Gasteiger partial charge in [0.15, 0.2) is 0 Å². The number of imidazole rings is 1. The Morgan fingerprint density at radius 1 is 1.35 bits per heavy atom. The van der Waals surface area contributed by atoms with Gasteiger partial charge in [-0.2, -0.15) is 5.26 Å². The Labute approximate surface area is 175 Å². The van der Waals surface area contributed by atoms with Crippen molar-refractivity contribution in [2.24, 2.45) is 0 Å². The lowest BCUT2D eigenvalue weighted by Crippen LogP contribution is -2.39. The van der Waals surface area contributed by atoms with Crippen molar-refractivity contribution in [2.45, 2.75) is 25.4 Å².